The predicted octanol–water partition coefficient (Wildman–Crippen LogP) is 2.35. The standard InChI is InChI=1S/C17H26N2O2S/c1-15(2)22-14-17(20)19-10-8-18(9-11-19)12-13-21-16-6-4-3-5-7-16/h3-7,15H,8-14H2,1-2H3. The van der Waals surface area contributed by atoms with Crippen LogP contribution in [0, 0.1) is 0 Å². The molecule has 1 aliphatic rings. The largest absolute Gasteiger partial charge is 0.492 e. The molecule has 4 nitrogen and oxygen atoms in total. The van der Waals surface area contributed by atoms with Crippen molar-refractivity contribution in [3.05, 3.63) is 30.3 Å². The number of hydrogen-bond acceptors (Lipinski definition) is 4. The number of piperazine rings is 1. The highest BCUT2D eigenvalue weighted by atomic mass is 32.2. The lowest BCUT2D eigenvalue weighted by Crippen LogP contribution is -2.50. The molecule has 22 heavy (non-hydrogen) atoms. The van der Waals surface area contributed by atoms with Crippen LogP contribution in [-0.4, -0.2) is 66.0 Å². The van der Waals surface area contributed by atoms with E-state index in [0.29, 0.717) is 17.6 Å². The van der Waals surface area contributed by atoms with Crippen molar-refractivity contribution in [1.29, 1.82) is 0 Å². The van der Waals surface area contributed by atoms with Gasteiger partial charge < -0.3 is 9.64 Å². The summed E-state index contributed by atoms with van der Waals surface area (Å²) in [6.45, 7) is 9.42. The molecular weight excluding hydrogens is 296 g/mol. The SMILES string of the molecule is CC(C)SCC(=O)N1CCN(CCOc2ccccc2)CC1. The fraction of sp³-hybridized carbons (Fsp3) is 0.588. The summed E-state index contributed by atoms with van der Waals surface area (Å²) in [6.07, 6.45) is 0. The third-order valence-electron chi connectivity index (χ3n) is 3.68. The number of amides is 1. The van der Waals surface area contributed by atoms with Crippen LogP contribution in [0.25, 0.3) is 0 Å². The third-order valence-corrected chi connectivity index (χ3v) is 4.76. The van der Waals surface area contributed by atoms with Crippen LogP contribution in [0.3, 0.4) is 0 Å². The number of carbonyl (C=O) groups excluding carboxylic acids is 1. The van der Waals surface area contributed by atoms with Crippen LogP contribution in [0.2, 0.25) is 0 Å². The van der Waals surface area contributed by atoms with Crippen LogP contribution in [0.1, 0.15) is 13.8 Å². The molecule has 1 fully saturated rings. The maximum atomic E-state index is 12.1. The van der Waals surface area contributed by atoms with Gasteiger partial charge in [0.2, 0.25) is 5.91 Å². The van der Waals surface area contributed by atoms with Gasteiger partial charge in [0.1, 0.15) is 12.4 Å². The lowest BCUT2D eigenvalue weighted by molar-refractivity contribution is -0.130. The summed E-state index contributed by atoms with van der Waals surface area (Å²) in [5, 5.41) is 0.514. The lowest BCUT2D eigenvalue weighted by Gasteiger charge is -2.34. The van der Waals surface area contributed by atoms with Gasteiger partial charge in [0.05, 0.1) is 5.75 Å². The van der Waals surface area contributed by atoms with E-state index in [4.69, 9.17) is 4.74 Å². The van der Waals surface area contributed by atoms with E-state index in [2.05, 4.69) is 18.7 Å². The molecule has 5 heteroatoms. The molecule has 0 spiro atoms. The number of carbonyl (C=O) groups is 1. The Morgan fingerprint density at radius 1 is 1.18 bits per heavy atom. The molecule has 0 atom stereocenters. The van der Waals surface area contributed by atoms with E-state index in [-0.39, 0.29) is 5.91 Å². The molecule has 1 heterocycles. The van der Waals surface area contributed by atoms with Crippen molar-refractivity contribution >= 4 is 17.7 Å². The highest BCUT2D eigenvalue weighted by Gasteiger charge is 2.20. The van der Waals surface area contributed by atoms with E-state index in [1.807, 2.05) is 35.2 Å². The van der Waals surface area contributed by atoms with E-state index in [1.165, 1.54) is 0 Å². The van der Waals surface area contributed by atoms with Crippen LogP contribution in [-0.2, 0) is 4.79 Å². The first kappa shape index (κ1) is 17.2. The average molecular weight is 322 g/mol. The smallest absolute Gasteiger partial charge is 0.232 e. The molecule has 0 saturated carbocycles. The Kier molecular flexibility index (Phi) is 7.06. The van der Waals surface area contributed by atoms with Crippen LogP contribution >= 0.6 is 11.8 Å². The Morgan fingerprint density at radius 2 is 1.86 bits per heavy atom. The summed E-state index contributed by atoms with van der Waals surface area (Å²) in [5.74, 6) is 1.80. The van der Waals surface area contributed by atoms with Gasteiger partial charge in [0.25, 0.3) is 0 Å². The molecule has 0 N–H and O–H groups in total. The monoisotopic (exact) mass is 322 g/mol. The zero-order valence-electron chi connectivity index (χ0n) is 13.5. The van der Waals surface area contributed by atoms with Gasteiger partial charge in [-0.2, -0.15) is 0 Å². The van der Waals surface area contributed by atoms with E-state index in [0.717, 1.165) is 38.5 Å². The lowest BCUT2D eigenvalue weighted by atomic mass is 10.3. The number of thioether (sulfide) groups is 1. The van der Waals surface area contributed by atoms with Crippen molar-refractivity contribution in [2.24, 2.45) is 0 Å². The first-order chi connectivity index (χ1) is 10.6. The Bertz CT molecular complexity index is 445. The summed E-state index contributed by atoms with van der Waals surface area (Å²) in [6, 6.07) is 9.90. The zero-order chi connectivity index (χ0) is 15.8. The minimum atomic E-state index is 0.277. The van der Waals surface area contributed by atoms with Crippen LogP contribution in [0.4, 0.5) is 0 Å². The van der Waals surface area contributed by atoms with Crippen molar-refractivity contribution in [3.63, 3.8) is 0 Å². The maximum Gasteiger partial charge on any atom is 0.232 e. The van der Waals surface area contributed by atoms with Gasteiger partial charge in [-0.1, -0.05) is 32.0 Å². The predicted molar refractivity (Wildman–Crippen MR) is 92.6 cm³/mol. The Labute approximate surface area is 137 Å². The second kappa shape index (κ2) is 9.06. The van der Waals surface area contributed by atoms with E-state index < -0.39 is 0 Å². The topological polar surface area (TPSA) is 32.8 Å². The van der Waals surface area contributed by atoms with Gasteiger partial charge in [0.15, 0.2) is 0 Å². The van der Waals surface area contributed by atoms with Crippen LogP contribution in [0.15, 0.2) is 30.3 Å². The van der Waals surface area contributed by atoms with Gasteiger partial charge in [-0.15, -0.1) is 11.8 Å². The van der Waals surface area contributed by atoms with Crippen molar-refractivity contribution < 1.29 is 9.53 Å². The molecule has 0 bridgehead atoms. The molecule has 0 aromatic heterocycles. The Morgan fingerprint density at radius 3 is 2.50 bits per heavy atom. The number of rotatable bonds is 7. The molecule has 1 aromatic carbocycles. The van der Waals surface area contributed by atoms with Gasteiger partial charge in [-0.25, -0.2) is 0 Å². The first-order valence-electron chi connectivity index (χ1n) is 7.94. The zero-order valence-corrected chi connectivity index (χ0v) is 14.3. The van der Waals surface area contributed by atoms with Crippen molar-refractivity contribution in [3.8, 4) is 5.75 Å². The van der Waals surface area contributed by atoms with Crippen molar-refractivity contribution in [2.75, 3.05) is 45.1 Å². The second-order valence-corrected chi connectivity index (χ2v) is 7.31. The molecule has 1 aliphatic heterocycles. The third kappa shape index (κ3) is 5.89. The minimum absolute atomic E-state index is 0.277. The molecule has 1 amide bonds. The number of hydrogen-bond donors (Lipinski definition) is 0. The molecular formula is C17H26N2O2S. The molecule has 2 rings (SSSR count). The molecule has 1 saturated heterocycles. The average Bonchev–Trinajstić information content (AvgIpc) is 2.54. The van der Waals surface area contributed by atoms with E-state index in [1.54, 1.807) is 11.8 Å². The quantitative estimate of drug-likeness (QED) is 0.771. The fourth-order valence-corrected chi connectivity index (χ4v) is 3.02. The van der Waals surface area contributed by atoms with Gasteiger partial charge in [-0.3, -0.25) is 9.69 Å². The maximum absolute atomic E-state index is 12.1. The number of ether oxygens (including phenoxy) is 1. The second-order valence-electron chi connectivity index (χ2n) is 5.74. The summed E-state index contributed by atoms with van der Waals surface area (Å²) in [4.78, 5) is 16.4. The van der Waals surface area contributed by atoms with Gasteiger partial charge >= 0.3 is 0 Å². The summed E-state index contributed by atoms with van der Waals surface area (Å²) < 4.78 is 5.72. The van der Waals surface area contributed by atoms with E-state index in [9.17, 15) is 4.79 Å². The summed E-state index contributed by atoms with van der Waals surface area (Å²) >= 11 is 1.72. The number of para-hydroxylation sites is 1. The highest BCUT2D eigenvalue weighted by Crippen LogP contribution is 2.12. The van der Waals surface area contributed by atoms with Gasteiger partial charge in [-0.05, 0) is 17.4 Å². The first-order valence-corrected chi connectivity index (χ1v) is 8.99. The normalized spacial score (nSPS) is 16.0. The van der Waals surface area contributed by atoms with E-state index >= 15 is 0 Å². The summed E-state index contributed by atoms with van der Waals surface area (Å²) in [7, 11) is 0. The Balaban J connectivity index is 1.61. The van der Waals surface area contributed by atoms with Crippen molar-refractivity contribution in [2.45, 2.75) is 19.1 Å². The van der Waals surface area contributed by atoms with Crippen molar-refractivity contribution in [1.82, 2.24) is 9.80 Å². The van der Waals surface area contributed by atoms with Gasteiger partial charge in [0, 0.05) is 32.7 Å². The number of nitrogens with zero attached hydrogens (tertiary/aromatic N) is 2. The number of benzene rings is 1. The molecule has 0 radical (unpaired) electrons. The fourth-order valence-electron chi connectivity index (χ4n) is 2.36. The van der Waals surface area contributed by atoms with Crippen LogP contribution in [0.5, 0.6) is 5.75 Å². The Hall–Kier alpha value is -1.20. The molecule has 122 valence electrons. The molecule has 0 aliphatic carbocycles. The molecule has 1 aromatic rings. The minimum Gasteiger partial charge on any atom is -0.492 e. The van der Waals surface area contributed by atoms with Crippen LogP contribution < -0.4 is 4.74 Å². The molecule has 0 unspecified atom stereocenters. The summed E-state index contributed by atoms with van der Waals surface area (Å²) in [5.41, 5.74) is 0. The highest BCUT2D eigenvalue weighted by molar-refractivity contribution is 8.00.